The molecule has 0 unspecified atom stereocenters. The van der Waals surface area contributed by atoms with Crippen molar-refractivity contribution in [2.75, 3.05) is 0 Å². The third-order valence-corrected chi connectivity index (χ3v) is 3.37. The Balaban J connectivity index is 1.85. The van der Waals surface area contributed by atoms with Crippen molar-refractivity contribution in [2.45, 2.75) is 13.1 Å². The van der Waals surface area contributed by atoms with E-state index in [9.17, 15) is 9.59 Å². The fourth-order valence-corrected chi connectivity index (χ4v) is 2.24. The average molecular weight is 267 g/mol. The summed E-state index contributed by atoms with van der Waals surface area (Å²) in [6.07, 6.45) is 2.96. The molecule has 1 aromatic heterocycles. The van der Waals surface area contributed by atoms with Crippen LogP contribution in [0.2, 0.25) is 0 Å². The molecule has 0 saturated carbocycles. The van der Waals surface area contributed by atoms with Crippen molar-refractivity contribution in [1.29, 1.82) is 0 Å². The van der Waals surface area contributed by atoms with Crippen LogP contribution in [-0.4, -0.2) is 21.7 Å². The average Bonchev–Trinajstić information content (AvgIpc) is 2.74. The van der Waals surface area contributed by atoms with Crippen LogP contribution in [0.5, 0.6) is 0 Å². The number of carbonyl (C=O) groups excluding carboxylic acids is 2. The van der Waals surface area contributed by atoms with Crippen molar-refractivity contribution in [1.82, 2.24) is 9.88 Å². The van der Waals surface area contributed by atoms with Crippen LogP contribution in [0, 0.1) is 0 Å². The quantitative estimate of drug-likeness (QED) is 0.851. The Bertz CT molecular complexity index is 645. The number of amides is 2. The third kappa shape index (κ3) is 1.98. The molecular weight excluding hydrogens is 254 g/mol. The van der Waals surface area contributed by atoms with Crippen molar-refractivity contribution >= 4 is 11.8 Å². The molecule has 5 nitrogen and oxygen atoms in total. The lowest BCUT2D eigenvalue weighted by Gasteiger charge is -2.13. The fourth-order valence-electron chi connectivity index (χ4n) is 2.24. The first-order valence-electron chi connectivity index (χ1n) is 6.29. The monoisotopic (exact) mass is 267 g/mol. The molecule has 3 rings (SSSR count). The Labute approximate surface area is 116 Å². The summed E-state index contributed by atoms with van der Waals surface area (Å²) < 4.78 is 0. The van der Waals surface area contributed by atoms with E-state index in [-0.39, 0.29) is 18.4 Å². The maximum absolute atomic E-state index is 12.2. The molecule has 100 valence electrons. The second kappa shape index (κ2) is 4.86. The molecule has 2 heterocycles. The number of rotatable bonds is 3. The Morgan fingerprint density at radius 2 is 1.60 bits per heavy atom. The highest BCUT2D eigenvalue weighted by Gasteiger charge is 2.35. The second-order valence-electron chi connectivity index (χ2n) is 4.64. The summed E-state index contributed by atoms with van der Waals surface area (Å²) in [5.74, 6) is -0.559. The number of benzene rings is 1. The summed E-state index contributed by atoms with van der Waals surface area (Å²) in [5, 5.41) is 0. The number of nitrogens with two attached hydrogens (primary N) is 1. The zero-order valence-corrected chi connectivity index (χ0v) is 10.7. The number of fused-ring (bicyclic) bond motifs is 1. The van der Waals surface area contributed by atoms with Gasteiger partial charge < -0.3 is 5.73 Å². The van der Waals surface area contributed by atoms with E-state index in [0.717, 1.165) is 11.1 Å². The van der Waals surface area contributed by atoms with Gasteiger partial charge in [-0.2, -0.15) is 0 Å². The largest absolute Gasteiger partial charge is 0.326 e. The lowest BCUT2D eigenvalue weighted by molar-refractivity contribution is 0.0642. The maximum atomic E-state index is 12.2. The van der Waals surface area contributed by atoms with Gasteiger partial charge in [0.1, 0.15) is 0 Å². The lowest BCUT2D eigenvalue weighted by Crippen LogP contribution is -2.29. The smallest absolute Gasteiger partial charge is 0.263 e. The van der Waals surface area contributed by atoms with Crippen molar-refractivity contribution < 1.29 is 9.59 Å². The highest BCUT2D eigenvalue weighted by Crippen LogP contribution is 2.23. The molecule has 2 N–H and O–H groups in total. The van der Waals surface area contributed by atoms with Gasteiger partial charge in [0, 0.05) is 18.9 Å². The Kier molecular flexibility index (Phi) is 3.04. The summed E-state index contributed by atoms with van der Waals surface area (Å²) in [6.45, 7) is 0.732. The molecule has 0 radical (unpaired) electrons. The predicted molar refractivity (Wildman–Crippen MR) is 72.8 cm³/mol. The number of aromatic nitrogens is 1. The fraction of sp³-hybridized carbons (Fsp3) is 0.133. The van der Waals surface area contributed by atoms with Gasteiger partial charge in [0.2, 0.25) is 0 Å². The molecule has 0 bridgehead atoms. The van der Waals surface area contributed by atoms with Gasteiger partial charge in [0.05, 0.1) is 17.7 Å². The highest BCUT2D eigenvalue weighted by atomic mass is 16.2. The zero-order valence-electron chi connectivity index (χ0n) is 10.7. The van der Waals surface area contributed by atoms with Crippen LogP contribution in [0.1, 0.15) is 31.8 Å². The van der Waals surface area contributed by atoms with Crippen LogP contribution in [0.25, 0.3) is 0 Å². The first-order valence-corrected chi connectivity index (χ1v) is 6.29. The number of carbonyl (C=O) groups is 2. The SMILES string of the molecule is NCc1ccc(CN2C(=O)c3ccncc3C2=O)cc1. The molecule has 2 amide bonds. The number of nitrogens with zero attached hydrogens (tertiary/aromatic N) is 2. The van der Waals surface area contributed by atoms with Gasteiger partial charge >= 0.3 is 0 Å². The van der Waals surface area contributed by atoms with Crippen molar-refractivity contribution in [3.63, 3.8) is 0 Å². The van der Waals surface area contributed by atoms with Crippen LogP contribution in [0.4, 0.5) is 0 Å². The van der Waals surface area contributed by atoms with E-state index in [0.29, 0.717) is 17.7 Å². The van der Waals surface area contributed by atoms with Gasteiger partial charge in [-0.1, -0.05) is 24.3 Å². The number of pyridine rings is 1. The molecule has 0 spiro atoms. The Morgan fingerprint density at radius 3 is 2.25 bits per heavy atom. The van der Waals surface area contributed by atoms with E-state index in [1.165, 1.54) is 17.3 Å². The van der Waals surface area contributed by atoms with Gasteiger partial charge in [-0.25, -0.2) is 0 Å². The minimum absolute atomic E-state index is 0.261. The minimum Gasteiger partial charge on any atom is -0.326 e. The summed E-state index contributed by atoms with van der Waals surface area (Å²) in [6, 6.07) is 9.13. The third-order valence-electron chi connectivity index (χ3n) is 3.37. The highest BCUT2D eigenvalue weighted by molar-refractivity contribution is 6.21. The molecular formula is C15H13N3O2. The van der Waals surface area contributed by atoms with E-state index in [4.69, 9.17) is 5.73 Å². The van der Waals surface area contributed by atoms with Crippen LogP contribution >= 0.6 is 0 Å². The molecule has 0 aliphatic carbocycles. The van der Waals surface area contributed by atoms with Gasteiger partial charge in [-0.3, -0.25) is 19.5 Å². The topological polar surface area (TPSA) is 76.3 Å². The van der Waals surface area contributed by atoms with Crippen LogP contribution in [-0.2, 0) is 13.1 Å². The summed E-state index contributed by atoms with van der Waals surface area (Å²) >= 11 is 0. The molecule has 5 heteroatoms. The number of imide groups is 1. The zero-order chi connectivity index (χ0) is 14.1. The summed E-state index contributed by atoms with van der Waals surface area (Å²) in [4.78, 5) is 29.5. The molecule has 2 aromatic rings. The van der Waals surface area contributed by atoms with Crippen molar-refractivity contribution in [2.24, 2.45) is 5.73 Å². The first-order chi connectivity index (χ1) is 9.70. The van der Waals surface area contributed by atoms with E-state index < -0.39 is 0 Å². The minimum atomic E-state index is -0.291. The first kappa shape index (κ1) is 12.5. The molecule has 0 saturated heterocycles. The van der Waals surface area contributed by atoms with Gasteiger partial charge in [-0.05, 0) is 17.2 Å². The molecule has 20 heavy (non-hydrogen) atoms. The maximum Gasteiger partial charge on any atom is 0.263 e. The Morgan fingerprint density at radius 1 is 0.950 bits per heavy atom. The van der Waals surface area contributed by atoms with Crippen molar-refractivity contribution in [3.05, 3.63) is 65.0 Å². The molecule has 1 aromatic carbocycles. The van der Waals surface area contributed by atoms with E-state index >= 15 is 0 Å². The standard InChI is InChI=1S/C15H13N3O2/c16-7-10-1-3-11(4-2-10)9-18-14(19)12-5-6-17-8-13(12)15(18)20/h1-6,8H,7,9,16H2. The van der Waals surface area contributed by atoms with Crippen molar-refractivity contribution in [3.8, 4) is 0 Å². The second-order valence-corrected chi connectivity index (χ2v) is 4.64. The lowest BCUT2D eigenvalue weighted by atomic mass is 10.1. The predicted octanol–water partition coefficient (Wildman–Crippen LogP) is 1.34. The molecule has 1 aliphatic rings. The van der Waals surface area contributed by atoms with Crippen LogP contribution in [0.3, 0.4) is 0 Å². The summed E-state index contributed by atoms with van der Waals surface area (Å²) in [5.41, 5.74) is 8.24. The molecule has 0 fully saturated rings. The van der Waals surface area contributed by atoms with Crippen LogP contribution < -0.4 is 5.73 Å². The molecule has 1 aliphatic heterocycles. The number of hydrogen-bond acceptors (Lipinski definition) is 4. The number of hydrogen-bond donors (Lipinski definition) is 1. The van der Waals surface area contributed by atoms with Gasteiger partial charge in [-0.15, -0.1) is 0 Å². The van der Waals surface area contributed by atoms with Gasteiger partial charge in [0.25, 0.3) is 11.8 Å². The van der Waals surface area contributed by atoms with E-state index in [2.05, 4.69) is 4.98 Å². The van der Waals surface area contributed by atoms with E-state index in [1.54, 1.807) is 6.07 Å². The Hall–Kier alpha value is -2.53. The van der Waals surface area contributed by atoms with Gasteiger partial charge in [0.15, 0.2) is 0 Å². The molecule has 0 atom stereocenters. The normalized spacial score (nSPS) is 13.8. The van der Waals surface area contributed by atoms with E-state index in [1.807, 2.05) is 24.3 Å². The summed E-state index contributed by atoms with van der Waals surface area (Å²) in [7, 11) is 0. The van der Waals surface area contributed by atoms with Crippen LogP contribution in [0.15, 0.2) is 42.7 Å².